The van der Waals surface area contributed by atoms with Crippen molar-refractivity contribution in [3.63, 3.8) is 0 Å². The van der Waals surface area contributed by atoms with Crippen molar-refractivity contribution >= 4 is 39.0 Å². The van der Waals surface area contributed by atoms with Crippen molar-refractivity contribution in [2.24, 2.45) is 5.84 Å². The standard InChI is InChI=1S/C10H12BrN5S/c1-6-2-3-17-8(6)5-13-9-7(11)4-14-10(15-9)16-12/h2-4H,5,12H2,1H3,(H2,13,14,15,16). The summed E-state index contributed by atoms with van der Waals surface area (Å²) in [5.41, 5.74) is 3.70. The lowest BCUT2D eigenvalue weighted by Gasteiger charge is -2.08. The first-order chi connectivity index (χ1) is 8.20. The lowest BCUT2D eigenvalue weighted by Crippen LogP contribution is -2.12. The normalized spacial score (nSPS) is 10.3. The van der Waals surface area contributed by atoms with Crippen molar-refractivity contribution in [2.75, 3.05) is 10.7 Å². The van der Waals surface area contributed by atoms with Gasteiger partial charge in [0.25, 0.3) is 0 Å². The molecule has 0 bridgehead atoms. The molecule has 0 radical (unpaired) electrons. The van der Waals surface area contributed by atoms with E-state index in [1.54, 1.807) is 17.5 Å². The highest BCUT2D eigenvalue weighted by molar-refractivity contribution is 9.10. The summed E-state index contributed by atoms with van der Waals surface area (Å²) in [4.78, 5) is 9.50. The minimum absolute atomic E-state index is 0.388. The first kappa shape index (κ1) is 12.3. The van der Waals surface area contributed by atoms with Crippen molar-refractivity contribution in [1.29, 1.82) is 0 Å². The Morgan fingerprint density at radius 3 is 3.00 bits per heavy atom. The molecule has 0 saturated heterocycles. The largest absolute Gasteiger partial charge is 0.364 e. The predicted octanol–water partition coefficient (Wildman–Crippen LogP) is 2.51. The molecule has 0 spiro atoms. The third kappa shape index (κ3) is 2.93. The molecule has 0 fully saturated rings. The maximum Gasteiger partial charge on any atom is 0.239 e. The fourth-order valence-electron chi connectivity index (χ4n) is 1.31. The van der Waals surface area contributed by atoms with Gasteiger partial charge in [0.1, 0.15) is 5.82 Å². The number of thiophene rings is 1. The van der Waals surface area contributed by atoms with Crippen LogP contribution in [0.15, 0.2) is 22.1 Å². The second kappa shape index (κ2) is 5.44. The minimum atomic E-state index is 0.388. The molecule has 0 aliphatic carbocycles. The Bertz CT molecular complexity index is 513. The van der Waals surface area contributed by atoms with Crippen LogP contribution in [0.5, 0.6) is 0 Å². The number of rotatable bonds is 4. The van der Waals surface area contributed by atoms with E-state index < -0.39 is 0 Å². The third-order valence-corrected chi connectivity index (χ3v) is 3.86. The zero-order chi connectivity index (χ0) is 12.3. The number of nitrogens with one attached hydrogen (secondary N) is 2. The summed E-state index contributed by atoms with van der Waals surface area (Å²) in [6, 6.07) is 2.10. The summed E-state index contributed by atoms with van der Waals surface area (Å²) in [7, 11) is 0. The lowest BCUT2D eigenvalue weighted by molar-refractivity contribution is 1.06. The average Bonchev–Trinajstić information content (AvgIpc) is 2.74. The van der Waals surface area contributed by atoms with E-state index in [1.807, 2.05) is 0 Å². The van der Waals surface area contributed by atoms with Crippen LogP contribution in [0, 0.1) is 6.92 Å². The number of aryl methyl sites for hydroxylation is 1. The Labute approximate surface area is 112 Å². The molecule has 0 aromatic carbocycles. The summed E-state index contributed by atoms with van der Waals surface area (Å²) >= 11 is 5.11. The van der Waals surface area contributed by atoms with Gasteiger partial charge in [0.2, 0.25) is 5.95 Å². The van der Waals surface area contributed by atoms with Crippen LogP contribution >= 0.6 is 27.3 Å². The van der Waals surface area contributed by atoms with Gasteiger partial charge in [0, 0.05) is 11.1 Å². The van der Waals surface area contributed by atoms with Crippen molar-refractivity contribution in [2.45, 2.75) is 13.5 Å². The molecular weight excluding hydrogens is 302 g/mol. The second-order valence-electron chi connectivity index (χ2n) is 3.41. The van der Waals surface area contributed by atoms with Crippen molar-refractivity contribution in [3.05, 3.63) is 32.6 Å². The van der Waals surface area contributed by atoms with E-state index in [9.17, 15) is 0 Å². The van der Waals surface area contributed by atoms with Gasteiger partial charge in [0.05, 0.1) is 11.0 Å². The number of nitrogens with zero attached hydrogens (tertiary/aromatic N) is 2. The van der Waals surface area contributed by atoms with Crippen LogP contribution in [0.4, 0.5) is 11.8 Å². The van der Waals surface area contributed by atoms with Gasteiger partial charge in [-0.2, -0.15) is 4.98 Å². The molecule has 0 unspecified atom stereocenters. The molecule has 90 valence electrons. The molecule has 5 nitrogen and oxygen atoms in total. The van der Waals surface area contributed by atoms with Gasteiger partial charge in [-0.15, -0.1) is 11.3 Å². The zero-order valence-electron chi connectivity index (χ0n) is 9.20. The number of hydrogen-bond acceptors (Lipinski definition) is 6. The van der Waals surface area contributed by atoms with Gasteiger partial charge in [-0.25, -0.2) is 10.8 Å². The molecule has 2 aromatic rings. The monoisotopic (exact) mass is 313 g/mol. The van der Waals surface area contributed by atoms with E-state index >= 15 is 0 Å². The Morgan fingerprint density at radius 2 is 2.35 bits per heavy atom. The fourth-order valence-corrected chi connectivity index (χ4v) is 2.49. The topological polar surface area (TPSA) is 75.9 Å². The maximum absolute atomic E-state index is 5.27. The zero-order valence-corrected chi connectivity index (χ0v) is 11.6. The van der Waals surface area contributed by atoms with Gasteiger partial charge in [-0.05, 0) is 39.9 Å². The number of aromatic nitrogens is 2. The molecule has 2 heterocycles. The fraction of sp³-hybridized carbons (Fsp3) is 0.200. The molecular formula is C10H12BrN5S. The van der Waals surface area contributed by atoms with Gasteiger partial charge >= 0.3 is 0 Å². The van der Waals surface area contributed by atoms with Crippen LogP contribution in [-0.4, -0.2) is 9.97 Å². The second-order valence-corrected chi connectivity index (χ2v) is 5.27. The summed E-state index contributed by atoms with van der Waals surface area (Å²) in [6.07, 6.45) is 1.66. The minimum Gasteiger partial charge on any atom is -0.364 e. The highest BCUT2D eigenvalue weighted by Gasteiger charge is 2.05. The Kier molecular flexibility index (Phi) is 3.93. The first-order valence-corrected chi connectivity index (χ1v) is 6.64. The van der Waals surface area contributed by atoms with Crippen molar-refractivity contribution < 1.29 is 0 Å². The number of hydrazine groups is 1. The quantitative estimate of drug-likeness (QED) is 0.597. The molecule has 0 amide bonds. The molecule has 17 heavy (non-hydrogen) atoms. The summed E-state index contributed by atoms with van der Waals surface area (Å²) < 4.78 is 0.811. The molecule has 7 heteroatoms. The maximum atomic E-state index is 5.27. The smallest absolute Gasteiger partial charge is 0.239 e. The van der Waals surface area contributed by atoms with Gasteiger partial charge in [0.15, 0.2) is 0 Å². The van der Waals surface area contributed by atoms with E-state index in [0.29, 0.717) is 5.95 Å². The van der Waals surface area contributed by atoms with E-state index in [-0.39, 0.29) is 0 Å². The molecule has 0 aliphatic rings. The molecule has 2 rings (SSSR count). The Balaban J connectivity index is 2.11. The van der Waals surface area contributed by atoms with Crippen molar-refractivity contribution in [3.8, 4) is 0 Å². The highest BCUT2D eigenvalue weighted by atomic mass is 79.9. The van der Waals surface area contributed by atoms with Gasteiger partial charge < -0.3 is 5.32 Å². The van der Waals surface area contributed by atoms with Crippen LogP contribution in [0.2, 0.25) is 0 Å². The number of anilines is 2. The molecule has 4 N–H and O–H groups in total. The lowest BCUT2D eigenvalue weighted by atomic mass is 10.3. The van der Waals surface area contributed by atoms with Crippen LogP contribution < -0.4 is 16.6 Å². The SMILES string of the molecule is Cc1ccsc1CNc1nc(NN)ncc1Br. The molecule has 0 atom stereocenters. The van der Waals surface area contributed by atoms with Gasteiger partial charge in [-0.1, -0.05) is 0 Å². The summed E-state index contributed by atoms with van der Waals surface area (Å²) in [5.74, 6) is 6.38. The van der Waals surface area contributed by atoms with E-state index in [1.165, 1.54) is 10.4 Å². The number of halogens is 1. The average molecular weight is 314 g/mol. The number of nitrogen functional groups attached to an aromatic ring is 1. The predicted molar refractivity (Wildman–Crippen MR) is 73.9 cm³/mol. The van der Waals surface area contributed by atoms with Gasteiger partial charge in [-0.3, -0.25) is 5.43 Å². The summed E-state index contributed by atoms with van der Waals surface area (Å²) in [5, 5.41) is 5.33. The first-order valence-electron chi connectivity index (χ1n) is 4.96. The molecule has 2 aromatic heterocycles. The number of nitrogens with two attached hydrogens (primary N) is 1. The number of hydrogen-bond donors (Lipinski definition) is 3. The van der Waals surface area contributed by atoms with Crippen molar-refractivity contribution in [1.82, 2.24) is 9.97 Å². The van der Waals surface area contributed by atoms with E-state index in [0.717, 1.165) is 16.8 Å². The molecule has 0 saturated carbocycles. The Morgan fingerprint density at radius 1 is 1.53 bits per heavy atom. The van der Waals surface area contributed by atoms with Crippen LogP contribution in [0.1, 0.15) is 10.4 Å². The van der Waals surface area contributed by atoms with E-state index in [4.69, 9.17) is 5.84 Å². The van der Waals surface area contributed by atoms with Crippen LogP contribution in [-0.2, 0) is 6.54 Å². The summed E-state index contributed by atoms with van der Waals surface area (Å²) in [6.45, 7) is 2.83. The van der Waals surface area contributed by atoms with E-state index in [2.05, 4.69) is 55.0 Å². The highest BCUT2D eigenvalue weighted by Crippen LogP contribution is 2.22. The van der Waals surface area contributed by atoms with Crippen LogP contribution in [0.25, 0.3) is 0 Å². The Hall–Kier alpha value is -1.18. The van der Waals surface area contributed by atoms with Crippen LogP contribution in [0.3, 0.4) is 0 Å². The third-order valence-electron chi connectivity index (χ3n) is 2.26. The molecule has 0 aliphatic heterocycles.